The van der Waals surface area contributed by atoms with Gasteiger partial charge in [-0.25, -0.2) is 8.42 Å². The second kappa shape index (κ2) is 14.3. The van der Waals surface area contributed by atoms with Gasteiger partial charge in [-0.3, -0.25) is 13.9 Å². The maximum Gasteiger partial charge on any atom is 0.264 e. The summed E-state index contributed by atoms with van der Waals surface area (Å²) in [5.41, 5.74) is 0.459. The highest BCUT2D eigenvalue weighted by Crippen LogP contribution is 2.28. The van der Waals surface area contributed by atoms with E-state index in [1.807, 2.05) is 34.0 Å². The van der Waals surface area contributed by atoms with Crippen molar-refractivity contribution in [2.24, 2.45) is 0 Å². The first kappa shape index (κ1) is 33.3. The summed E-state index contributed by atoms with van der Waals surface area (Å²) in [7, 11) is -4.17. The molecule has 0 unspecified atom stereocenters. The predicted molar refractivity (Wildman–Crippen MR) is 170 cm³/mol. The third-order valence-electron chi connectivity index (χ3n) is 6.27. The van der Waals surface area contributed by atoms with Crippen LogP contribution in [0.15, 0.2) is 82.6 Å². The van der Waals surface area contributed by atoms with Crippen molar-refractivity contribution < 1.29 is 22.7 Å². The number of nitrogens with one attached hydrogen (secondary N) is 1. The van der Waals surface area contributed by atoms with Gasteiger partial charge in [0.1, 0.15) is 18.3 Å². The van der Waals surface area contributed by atoms with Crippen LogP contribution in [-0.4, -0.2) is 56.1 Å². The van der Waals surface area contributed by atoms with Crippen LogP contribution in [0.25, 0.3) is 0 Å². The molecule has 0 spiro atoms. The fraction of sp³-hybridized carbons (Fsp3) is 0.355. The van der Waals surface area contributed by atoms with E-state index in [9.17, 15) is 18.0 Å². The van der Waals surface area contributed by atoms with Crippen molar-refractivity contribution in [2.75, 3.05) is 23.7 Å². The van der Waals surface area contributed by atoms with E-state index in [0.717, 1.165) is 9.20 Å². The summed E-state index contributed by atoms with van der Waals surface area (Å²) in [6, 6.07) is 19.1. The number of carbonyl (C=O) groups is 2. The lowest BCUT2D eigenvalue weighted by Gasteiger charge is -2.33. The summed E-state index contributed by atoms with van der Waals surface area (Å²) < 4.78 is 34.6. The highest BCUT2D eigenvalue weighted by molar-refractivity contribution is 7.98. The average Bonchev–Trinajstić information content (AvgIpc) is 2.94. The van der Waals surface area contributed by atoms with E-state index in [-0.39, 0.29) is 23.0 Å². The first-order chi connectivity index (χ1) is 19.7. The van der Waals surface area contributed by atoms with Crippen LogP contribution in [0.4, 0.5) is 5.69 Å². The molecular weight excluding hydrogens is 594 g/mol. The lowest BCUT2D eigenvalue weighted by molar-refractivity contribution is -0.140. The van der Waals surface area contributed by atoms with Gasteiger partial charge >= 0.3 is 0 Å². The second-order valence-corrected chi connectivity index (χ2v) is 13.9. The number of halogens is 1. The number of anilines is 1. The molecule has 0 aromatic heterocycles. The Labute approximate surface area is 258 Å². The maximum absolute atomic E-state index is 14.1. The molecule has 0 saturated carbocycles. The van der Waals surface area contributed by atoms with Crippen molar-refractivity contribution in [3.05, 3.63) is 83.4 Å². The van der Waals surface area contributed by atoms with Gasteiger partial charge in [0, 0.05) is 22.0 Å². The summed E-state index contributed by atoms with van der Waals surface area (Å²) in [4.78, 5) is 29.6. The van der Waals surface area contributed by atoms with E-state index < -0.39 is 34.1 Å². The monoisotopic (exact) mass is 631 g/mol. The molecule has 3 aromatic carbocycles. The average molecular weight is 632 g/mol. The Morgan fingerprint density at radius 1 is 1.02 bits per heavy atom. The van der Waals surface area contributed by atoms with Crippen LogP contribution in [0.1, 0.15) is 40.2 Å². The molecule has 2 amide bonds. The Bertz CT molecular complexity index is 1470. The smallest absolute Gasteiger partial charge is 0.264 e. The first-order valence-corrected chi connectivity index (χ1v) is 16.5. The van der Waals surface area contributed by atoms with Gasteiger partial charge < -0.3 is 15.0 Å². The minimum Gasteiger partial charge on any atom is -0.494 e. The molecule has 42 heavy (non-hydrogen) atoms. The number of hydrogen-bond donors (Lipinski definition) is 1. The number of carbonyl (C=O) groups excluding carboxylic acids is 2. The molecule has 1 N–H and O–H groups in total. The van der Waals surface area contributed by atoms with Gasteiger partial charge in [0.25, 0.3) is 10.0 Å². The van der Waals surface area contributed by atoms with Crippen molar-refractivity contribution in [1.82, 2.24) is 10.2 Å². The number of ether oxygens (including phenoxy) is 1. The van der Waals surface area contributed by atoms with Crippen molar-refractivity contribution >= 4 is 50.9 Å². The normalized spacial score (nSPS) is 12.4. The standard InChI is InChI=1S/C31H38ClN3O5S2/c1-7-40-26-13-11-25(12-14-26)35(42(38,39)28-17-15-27(41-6)16-18-28)21-29(36)34(20-23-9-8-10-24(32)19-23)22(2)30(37)33-31(3,4)5/h8-19,22H,7,20-21H2,1-6H3,(H,33,37)/t22-/m0/s1. The summed E-state index contributed by atoms with van der Waals surface area (Å²) in [5, 5.41) is 3.40. The molecule has 11 heteroatoms. The molecule has 1 atom stereocenters. The molecule has 3 aromatic rings. The molecule has 0 radical (unpaired) electrons. The van der Waals surface area contributed by atoms with E-state index >= 15 is 0 Å². The van der Waals surface area contributed by atoms with Crippen LogP contribution >= 0.6 is 23.4 Å². The highest BCUT2D eigenvalue weighted by Gasteiger charge is 2.33. The predicted octanol–water partition coefficient (Wildman–Crippen LogP) is 5.99. The minimum atomic E-state index is -4.17. The molecule has 0 bridgehead atoms. The largest absolute Gasteiger partial charge is 0.494 e. The number of rotatable bonds is 12. The van der Waals surface area contributed by atoms with Crippen molar-refractivity contribution in [2.45, 2.75) is 62.5 Å². The third kappa shape index (κ3) is 8.89. The van der Waals surface area contributed by atoms with E-state index in [4.69, 9.17) is 16.3 Å². The highest BCUT2D eigenvalue weighted by atomic mass is 35.5. The lowest BCUT2D eigenvalue weighted by atomic mass is 10.1. The molecule has 0 aliphatic carbocycles. The molecule has 0 aliphatic heterocycles. The SMILES string of the molecule is CCOc1ccc(N(CC(=O)N(Cc2cccc(Cl)c2)[C@@H](C)C(=O)NC(C)(C)C)S(=O)(=O)c2ccc(SC)cc2)cc1. The molecule has 3 rings (SSSR count). The van der Waals surface area contributed by atoms with E-state index in [1.165, 1.54) is 28.8 Å². The Hall–Kier alpha value is -3.21. The van der Waals surface area contributed by atoms with E-state index in [1.54, 1.807) is 67.6 Å². The van der Waals surface area contributed by atoms with E-state index in [2.05, 4.69) is 5.32 Å². The number of amides is 2. The Balaban J connectivity index is 2.05. The molecule has 0 aliphatic rings. The summed E-state index contributed by atoms with van der Waals surface area (Å²) in [6.07, 6.45) is 1.90. The molecule has 0 fully saturated rings. The molecule has 0 heterocycles. The van der Waals surface area contributed by atoms with Crippen LogP contribution in [0.5, 0.6) is 5.75 Å². The Morgan fingerprint density at radius 2 is 1.67 bits per heavy atom. The molecule has 226 valence electrons. The number of thioether (sulfide) groups is 1. The van der Waals surface area contributed by atoms with E-state index in [0.29, 0.717) is 22.9 Å². The molecular formula is C31H38ClN3O5S2. The molecule has 8 nitrogen and oxygen atoms in total. The van der Waals surface area contributed by atoms with Gasteiger partial charge in [0.05, 0.1) is 17.2 Å². The van der Waals surface area contributed by atoms with Gasteiger partial charge in [0.2, 0.25) is 11.8 Å². The van der Waals surface area contributed by atoms with Gasteiger partial charge in [0.15, 0.2) is 0 Å². The number of hydrogen-bond acceptors (Lipinski definition) is 6. The van der Waals surface area contributed by atoms with Gasteiger partial charge in [-0.2, -0.15) is 0 Å². The van der Waals surface area contributed by atoms with Crippen molar-refractivity contribution in [3.63, 3.8) is 0 Å². The fourth-order valence-corrected chi connectivity index (χ4v) is 6.20. The first-order valence-electron chi connectivity index (χ1n) is 13.5. The van der Waals surface area contributed by atoms with Crippen LogP contribution < -0.4 is 14.4 Å². The quantitative estimate of drug-likeness (QED) is 0.247. The Morgan fingerprint density at radius 3 is 2.21 bits per heavy atom. The van der Waals surface area contributed by atoms with Crippen molar-refractivity contribution in [1.29, 1.82) is 0 Å². The topological polar surface area (TPSA) is 96.0 Å². The van der Waals surface area contributed by atoms with Crippen LogP contribution in [0.3, 0.4) is 0 Å². The van der Waals surface area contributed by atoms with Crippen LogP contribution in [0.2, 0.25) is 5.02 Å². The zero-order chi connectivity index (χ0) is 31.1. The van der Waals surface area contributed by atoms with Gasteiger partial charge in [-0.1, -0.05) is 23.7 Å². The number of benzene rings is 3. The zero-order valence-electron chi connectivity index (χ0n) is 24.8. The molecule has 0 saturated heterocycles. The minimum absolute atomic E-state index is 0.0434. The fourth-order valence-electron chi connectivity index (χ4n) is 4.17. The second-order valence-electron chi connectivity index (χ2n) is 10.7. The lowest BCUT2D eigenvalue weighted by Crippen LogP contribution is -2.54. The number of nitrogens with zero attached hydrogens (tertiary/aromatic N) is 2. The Kier molecular flexibility index (Phi) is 11.3. The van der Waals surface area contributed by atoms with Crippen LogP contribution in [-0.2, 0) is 26.2 Å². The maximum atomic E-state index is 14.1. The van der Waals surface area contributed by atoms with Crippen molar-refractivity contribution in [3.8, 4) is 5.75 Å². The summed E-state index contributed by atoms with van der Waals surface area (Å²) >= 11 is 7.70. The number of sulfonamides is 1. The summed E-state index contributed by atoms with van der Waals surface area (Å²) in [6.45, 7) is 9.00. The van der Waals surface area contributed by atoms with Gasteiger partial charge in [-0.15, -0.1) is 11.8 Å². The zero-order valence-corrected chi connectivity index (χ0v) is 27.1. The van der Waals surface area contributed by atoms with Crippen LogP contribution in [0, 0.1) is 0 Å². The van der Waals surface area contributed by atoms with Gasteiger partial charge in [-0.05, 0) is 107 Å². The third-order valence-corrected chi connectivity index (χ3v) is 9.04. The summed E-state index contributed by atoms with van der Waals surface area (Å²) in [5.74, 6) is -0.338.